The largest absolute Gasteiger partial charge is 0.286 e. The van der Waals surface area contributed by atoms with E-state index in [1.54, 1.807) is 11.2 Å². The van der Waals surface area contributed by atoms with Crippen LogP contribution >= 0.6 is 11.6 Å². The molecule has 0 fully saturated rings. The lowest BCUT2D eigenvalue weighted by Gasteiger charge is -2.12. The summed E-state index contributed by atoms with van der Waals surface area (Å²) in [6.07, 6.45) is 6.70. The van der Waals surface area contributed by atoms with Gasteiger partial charge in [0.2, 0.25) is 0 Å². The fraction of sp³-hybridized carbons (Fsp3) is 0.294. The van der Waals surface area contributed by atoms with Crippen molar-refractivity contribution in [3.63, 3.8) is 0 Å². The van der Waals surface area contributed by atoms with Gasteiger partial charge in [-0.25, -0.2) is 4.57 Å². The van der Waals surface area contributed by atoms with Crippen molar-refractivity contribution in [3.05, 3.63) is 59.4 Å². The van der Waals surface area contributed by atoms with Crippen molar-refractivity contribution in [2.45, 2.75) is 19.4 Å². The lowest BCUT2D eigenvalue weighted by atomic mass is 10.3. The molecular formula is C17H21ClN3O3S+. The van der Waals surface area contributed by atoms with Crippen LogP contribution in [0.1, 0.15) is 18.4 Å². The monoisotopic (exact) mass is 382 g/mol. The second kappa shape index (κ2) is 8.94. The second-order valence-corrected chi connectivity index (χ2v) is 7.62. The second-order valence-electron chi connectivity index (χ2n) is 5.61. The standard InChI is InChI=1S/C17H20ClN3O3S/c1-20(17-6-4-16(18)5-7-17)19-14-15-8-11-21(12-9-15)10-2-3-13-25(22,23)24/h4-9,11-12,14H,2-3,10,13H2,1H3/p+1. The molecule has 8 heteroatoms. The maximum atomic E-state index is 10.7. The molecule has 0 aliphatic carbocycles. The van der Waals surface area contributed by atoms with Crippen LogP contribution in [-0.4, -0.2) is 32.0 Å². The molecule has 6 nitrogen and oxygen atoms in total. The van der Waals surface area contributed by atoms with E-state index in [4.69, 9.17) is 16.2 Å². The van der Waals surface area contributed by atoms with Crippen LogP contribution in [0.15, 0.2) is 53.9 Å². The Bertz CT molecular complexity index is 806. The van der Waals surface area contributed by atoms with Gasteiger partial charge in [0.15, 0.2) is 12.4 Å². The zero-order valence-corrected chi connectivity index (χ0v) is 15.5. The van der Waals surface area contributed by atoms with Gasteiger partial charge in [-0.3, -0.25) is 9.56 Å². The minimum Gasteiger partial charge on any atom is -0.286 e. The normalized spacial score (nSPS) is 11.8. The number of hydrazone groups is 1. The topological polar surface area (TPSA) is 73.8 Å². The fourth-order valence-corrected chi connectivity index (χ4v) is 2.85. The number of rotatable bonds is 8. The summed E-state index contributed by atoms with van der Waals surface area (Å²) in [5.74, 6) is -0.199. The minimum atomic E-state index is -3.86. The van der Waals surface area contributed by atoms with Crippen molar-refractivity contribution < 1.29 is 17.5 Å². The Hall–Kier alpha value is -1.96. The smallest absolute Gasteiger partial charge is 0.264 e. The van der Waals surface area contributed by atoms with E-state index in [0.717, 1.165) is 11.3 Å². The minimum absolute atomic E-state index is 0.199. The van der Waals surface area contributed by atoms with Crippen LogP contribution in [0.5, 0.6) is 0 Å². The Morgan fingerprint density at radius 2 is 1.80 bits per heavy atom. The van der Waals surface area contributed by atoms with Gasteiger partial charge in [-0.2, -0.15) is 13.5 Å². The molecule has 0 saturated carbocycles. The molecule has 0 atom stereocenters. The van der Waals surface area contributed by atoms with Crippen LogP contribution in [0.25, 0.3) is 0 Å². The average Bonchev–Trinajstić information content (AvgIpc) is 2.57. The Morgan fingerprint density at radius 1 is 1.16 bits per heavy atom. The summed E-state index contributed by atoms with van der Waals surface area (Å²) in [5.41, 5.74) is 1.89. The molecule has 0 aliphatic rings. The number of aromatic nitrogens is 1. The number of unbranched alkanes of at least 4 members (excludes halogenated alkanes) is 1. The van der Waals surface area contributed by atoms with Crippen molar-refractivity contribution in [1.82, 2.24) is 0 Å². The number of pyridine rings is 1. The number of halogens is 1. The van der Waals surface area contributed by atoms with Crippen molar-refractivity contribution in [3.8, 4) is 0 Å². The zero-order valence-electron chi connectivity index (χ0n) is 13.9. The molecule has 1 aromatic carbocycles. The average molecular weight is 383 g/mol. The molecule has 1 aromatic heterocycles. The van der Waals surface area contributed by atoms with Crippen LogP contribution < -0.4 is 9.58 Å². The molecule has 1 N–H and O–H groups in total. The molecule has 0 spiro atoms. The molecule has 0 aliphatic heterocycles. The van der Waals surface area contributed by atoms with Crippen molar-refractivity contribution in [2.75, 3.05) is 17.8 Å². The summed E-state index contributed by atoms with van der Waals surface area (Å²) in [7, 11) is -2.01. The van der Waals surface area contributed by atoms with E-state index in [9.17, 15) is 8.42 Å². The van der Waals surface area contributed by atoms with Crippen molar-refractivity contribution in [2.24, 2.45) is 5.10 Å². The molecular weight excluding hydrogens is 362 g/mol. The number of hydrogen-bond donors (Lipinski definition) is 1. The summed E-state index contributed by atoms with van der Waals surface area (Å²) in [6, 6.07) is 11.3. The third-order valence-electron chi connectivity index (χ3n) is 3.57. The van der Waals surface area contributed by atoms with Crippen LogP contribution in [0, 0.1) is 0 Å². The molecule has 0 radical (unpaired) electrons. The third kappa shape index (κ3) is 7.21. The van der Waals surface area contributed by atoms with Crippen molar-refractivity contribution >= 4 is 33.6 Å². The van der Waals surface area contributed by atoms with Crippen LogP contribution in [0.3, 0.4) is 0 Å². The highest BCUT2D eigenvalue weighted by Crippen LogP contribution is 2.16. The van der Waals surface area contributed by atoms with E-state index < -0.39 is 10.1 Å². The number of hydrogen-bond acceptors (Lipinski definition) is 4. The van der Waals surface area contributed by atoms with Gasteiger partial charge < -0.3 is 0 Å². The molecule has 2 rings (SSSR count). The fourth-order valence-electron chi connectivity index (χ4n) is 2.16. The summed E-state index contributed by atoms with van der Waals surface area (Å²) >= 11 is 5.87. The highest BCUT2D eigenvalue weighted by molar-refractivity contribution is 7.85. The molecule has 2 aromatic rings. The van der Waals surface area contributed by atoms with E-state index in [2.05, 4.69) is 5.10 Å². The first-order chi connectivity index (χ1) is 11.8. The molecule has 0 unspecified atom stereocenters. The van der Waals surface area contributed by atoms with Gasteiger partial charge in [0.25, 0.3) is 10.1 Å². The maximum Gasteiger partial charge on any atom is 0.264 e. The number of benzene rings is 1. The molecule has 1 heterocycles. The highest BCUT2D eigenvalue weighted by Gasteiger charge is 2.06. The molecule has 0 bridgehead atoms. The first-order valence-corrected chi connectivity index (χ1v) is 9.80. The highest BCUT2D eigenvalue weighted by atomic mass is 35.5. The lowest BCUT2D eigenvalue weighted by Crippen LogP contribution is -2.32. The summed E-state index contributed by atoms with van der Waals surface area (Å²) in [6.45, 7) is 0.692. The van der Waals surface area contributed by atoms with E-state index >= 15 is 0 Å². The van der Waals surface area contributed by atoms with Crippen LogP contribution in [0.2, 0.25) is 5.02 Å². The Morgan fingerprint density at radius 3 is 2.40 bits per heavy atom. The van der Waals surface area contributed by atoms with Gasteiger partial charge in [-0.05, 0) is 30.7 Å². The predicted octanol–water partition coefficient (Wildman–Crippen LogP) is 2.77. The summed E-state index contributed by atoms with van der Waals surface area (Å²) in [5, 5.41) is 6.83. The summed E-state index contributed by atoms with van der Waals surface area (Å²) in [4.78, 5) is 0. The number of nitrogens with zero attached hydrogens (tertiary/aromatic N) is 3. The van der Waals surface area contributed by atoms with Gasteiger partial charge >= 0.3 is 0 Å². The van der Waals surface area contributed by atoms with E-state index in [0.29, 0.717) is 24.4 Å². The van der Waals surface area contributed by atoms with Gasteiger partial charge in [-0.1, -0.05) is 11.6 Å². The quantitative estimate of drug-likeness (QED) is 0.250. The maximum absolute atomic E-state index is 10.7. The zero-order chi connectivity index (χ0) is 18.3. The summed E-state index contributed by atoms with van der Waals surface area (Å²) < 4.78 is 32.0. The number of anilines is 1. The van der Waals surface area contributed by atoms with E-state index in [-0.39, 0.29) is 5.75 Å². The van der Waals surface area contributed by atoms with Crippen molar-refractivity contribution in [1.29, 1.82) is 0 Å². The Kier molecular flexibility index (Phi) is 6.92. The van der Waals surface area contributed by atoms with Gasteiger partial charge in [0.05, 0.1) is 17.7 Å². The van der Waals surface area contributed by atoms with Gasteiger partial charge in [0, 0.05) is 36.2 Å². The van der Waals surface area contributed by atoms with Crippen LogP contribution in [0.4, 0.5) is 5.69 Å². The predicted molar refractivity (Wildman–Crippen MR) is 99.7 cm³/mol. The van der Waals surface area contributed by atoms with Gasteiger partial charge in [-0.15, -0.1) is 0 Å². The molecule has 0 saturated heterocycles. The van der Waals surface area contributed by atoms with E-state index in [1.807, 2.05) is 60.4 Å². The SMILES string of the molecule is CN(/N=C/c1cc[n+](CCCCS(=O)(=O)O)cc1)c1ccc(Cl)cc1. The third-order valence-corrected chi connectivity index (χ3v) is 4.62. The molecule has 134 valence electrons. The van der Waals surface area contributed by atoms with Gasteiger partial charge in [0.1, 0.15) is 6.54 Å². The molecule has 0 amide bonds. The Balaban J connectivity index is 1.86. The first-order valence-electron chi connectivity index (χ1n) is 7.81. The lowest BCUT2D eigenvalue weighted by molar-refractivity contribution is -0.697. The first kappa shape index (κ1) is 19.4. The van der Waals surface area contributed by atoms with Crippen LogP contribution in [-0.2, 0) is 16.7 Å². The Labute approximate surface area is 153 Å². The van der Waals surface area contributed by atoms with E-state index in [1.165, 1.54) is 0 Å². The number of aryl methyl sites for hydroxylation is 1. The molecule has 25 heavy (non-hydrogen) atoms.